The van der Waals surface area contributed by atoms with Crippen LogP contribution in [0.1, 0.15) is 18.5 Å². The van der Waals surface area contributed by atoms with E-state index >= 15 is 0 Å². The van der Waals surface area contributed by atoms with Gasteiger partial charge in [-0.3, -0.25) is 4.90 Å². The largest absolute Gasteiger partial charge is 0.314 e. The molecule has 1 rings (SSSR count). The minimum atomic E-state index is -2.88. The molecule has 0 saturated heterocycles. The van der Waals surface area contributed by atoms with Gasteiger partial charge in [-0.15, -0.1) is 0 Å². The standard InChI is InChI=1S/C14H23ClN2O2S/c1-12(13-6-4-5-7-14(13)15)17(2)10-8-16-9-11-20(3,18)19/h4-7,12,16H,8-11H2,1-3H3. The van der Waals surface area contributed by atoms with Crippen molar-refractivity contribution in [3.8, 4) is 0 Å². The Morgan fingerprint density at radius 3 is 2.55 bits per heavy atom. The Balaban J connectivity index is 2.36. The lowest BCUT2D eigenvalue weighted by atomic mass is 10.1. The number of hydrogen-bond acceptors (Lipinski definition) is 4. The van der Waals surface area contributed by atoms with Crippen LogP contribution < -0.4 is 5.32 Å². The van der Waals surface area contributed by atoms with Gasteiger partial charge in [-0.1, -0.05) is 29.8 Å². The van der Waals surface area contributed by atoms with Crippen LogP contribution in [0.15, 0.2) is 24.3 Å². The number of nitrogens with one attached hydrogen (secondary N) is 1. The molecule has 0 spiro atoms. The van der Waals surface area contributed by atoms with Crippen molar-refractivity contribution in [3.05, 3.63) is 34.9 Å². The number of likely N-dealkylation sites (N-methyl/N-ethyl adjacent to an activating group) is 1. The van der Waals surface area contributed by atoms with Crippen LogP contribution in [-0.2, 0) is 9.84 Å². The number of rotatable bonds is 8. The number of nitrogens with zero attached hydrogens (tertiary/aromatic N) is 1. The molecule has 0 fully saturated rings. The first-order valence-corrected chi connectivity index (χ1v) is 9.08. The predicted octanol–water partition coefficient (Wildman–Crippen LogP) is 1.97. The molecule has 1 aromatic carbocycles. The maximum atomic E-state index is 11.0. The summed E-state index contributed by atoms with van der Waals surface area (Å²) in [4.78, 5) is 2.19. The molecular formula is C14H23ClN2O2S. The van der Waals surface area contributed by atoms with Crippen LogP contribution in [-0.4, -0.2) is 52.0 Å². The molecule has 0 aliphatic carbocycles. The van der Waals surface area contributed by atoms with E-state index in [2.05, 4.69) is 17.1 Å². The van der Waals surface area contributed by atoms with Crippen LogP contribution in [0.25, 0.3) is 0 Å². The normalized spacial score (nSPS) is 13.7. The molecule has 114 valence electrons. The summed E-state index contributed by atoms with van der Waals surface area (Å²) in [5, 5.41) is 3.91. The van der Waals surface area contributed by atoms with Crippen LogP contribution >= 0.6 is 11.6 Å². The number of sulfone groups is 1. The molecule has 6 heteroatoms. The van der Waals surface area contributed by atoms with E-state index in [0.29, 0.717) is 6.54 Å². The highest BCUT2D eigenvalue weighted by Gasteiger charge is 2.13. The lowest BCUT2D eigenvalue weighted by Crippen LogP contribution is -2.33. The van der Waals surface area contributed by atoms with Crippen molar-refractivity contribution in [1.29, 1.82) is 0 Å². The molecule has 0 heterocycles. The van der Waals surface area contributed by atoms with Crippen molar-refractivity contribution in [1.82, 2.24) is 10.2 Å². The summed E-state index contributed by atoms with van der Waals surface area (Å²) < 4.78 is 22.0. The van der Waals surface area contributed by atoms with Crippen molar-refractivity contribution >= 4 is 21.4 Å². The van der Waals surface area contributed by atoms with E-state index in [4.69, 9.17) is 11.6 Å². The van der Waals surface area contributed by atoms with E-state index < -0.39 is 9.84 Å². The van der Waals surface area contributed by atoms with Gasteiger partial charge in [0, 0.05) is 37.0 Å². The van der Waals surface area contributed by atoms with E-state index in [0.717, 1.165) is 23.7 Å². The van der Waals surface area contributed by atoms with Crippen molar-refractivity contribution in [2.75, 3.05) is 38.7 Å². The summed E-state index contributed by atoms with van der Waals surface area (Å²) in [5.41, 5.74) is 1.10. The van der Waals surface area contributed by atoms with E-state index in [1.807, 2.05) is 31.3 Å². The Kier molecular flexibility index (Phi) is 6.95. The highest BCUT2D eigenvalue weighted by atomic mass is 35.5. The Morgan fingerprint density at radius 2 is 1.95 bits per heavy atom. The van der Waals surface area contributed by atoms with Gasteiger partial charge >= 0.3 is 0 Å². The molecule has 1 N–H and O–H groups in total. The molecule has 0 aliphatic rings. The Bertz CT molecular complexity index is 520. The molecular weight excluding hydrogens is 296 g/mol. The second-order valence-electron chi connectivity index (χ2n) is 5.06. The van der Waals surface area contributed by atoms with Crippen LogP contribution in [0.5, 0.6) is 0 Å². The quantitative estimate of drug-likeness (QED) is 0.745. The summed E-state index contributed by atoms with van der Waals surface area (Å²) in [6, 6.07) is 8.05. The fraction of sp³-hybridized carbons (Fsp3) is 0.571. The van der Waals surface area contributed by atoms with E-state index in [-0.39, 0.29) is 11.8 Å². The van der Waals surface area contributed by atoms with Gasteiger partial charge in [0.1, 0.15) is 9.84 Å². The first-order valence-electron chi connectivity index (χ1n) is 6.64. The van der Waals surface area contributed by atoms with Gasteiger partial charge in [0.2, 0.25) is 0 Å². The summed E-state index contributed by atoms with van der Waals surface area (Å²) >= 11 is 6.19. The molecule has 1 unspecified atom stereocenters. The highest BCUT2D eigenvalue weighted by molar-refractivity contribution is 7.90. The minimum Gasteiger partial charge on any atom is -0.314 e. The summed E-state index contributed by atoms with van der Waals surface area (Å²) in [7, 11) is -0.849. The maximum absolute atomic E-state index is 11.0. The minimum absolute atomic E-state index is 0.177. The average Bonchev–Trinajstić information content (AvgIpc) is 2.36. The maximum Gasteiger partial charge on any atom is 0.148 e. The number of halogens is 1. The third-order valence-electron chi connectivity index (χ3n) is 3.31. The Morgan fingerprint density at radius 1 is 1.30 bits per heavy atom. The first kappa shape index (κ1) is 17.4. The van der Waals surface area contributed by atoms with Crippen LogP contribution in [0.2, 0.25) is 5.02 Å². The molecule has 20 heavy (non-hydrogen) atoms. The van der Waals surface area contributed by atoms with Gasteiger partial charge in [-0.05, 0) is 25.6 Å². The van der Waals surface area contributed by atoms with E-state index in [1.54, 1.807) is 0 Å². The van der Waals surface area contributed by atoms with E-state index in [1.165, 1.54) is 6.26 Å². The van der Waals surface area contributed by atoms with Crippen molar-refractivity contribution in [2.45, 2.75) is 13.0 Å². The van der Waals surface area contributed by atoms with Crippen molar-refractivity contribution in [3.63, 3.8) is 0 Å². The number of hydrogen-bond donors (Lipinski definition) is 1. The molecule has 0 radical (unpaired) electrons. The van der Waals surface area contributed by atoms with Gasteiger partial charge in [0.25, 0.3) is 0 Å². The van der Waals surface area contributed by atoms with Gasteiger partial charge in [0.05, 0.1) is 5.75 Å². The number of benzene rings is 1. The van der Waals surface area contributed by atoms with Crippen molar-refractivity contribution < 1.29 is 8.42 Å². The zero-order valence-corrected chi connectivity index (χ0v) is 13.8. The van der Waals surface area contributed by atoms with Gasteiger partial charge in [-0.25, -0.2) is 8.42 Å². The Labute approximate surface area is 127 Å². The molecule has 1 atom stereocenters. The molecule has 0 aliphatic heterocycles. The predicted molar refractivity (Wildman–Crippen MR) is 85.1 cm³/mol. The molecule has 0 aromatic heterocycles. The molecule has 0 saturated carbocycles. The average molecular weight is 319 g/mol. The second kappa shape index (κ2) is 7.98. The summed E-state index contributed by atoms with van der Waals surface area (Å²) in [6.45, 7) is 4.18. The second-order valence-corrected chi connectivity index (χ2v) is 7.72. The lowest BCUT2D eigenvalue weighted by Gasteiger charge is -2.25. The van der Waals surface area contributed by atoms with Crippen LogP contribution in [0, 0.1) is 0 Å². The molecule has 4 nitrogen and oxygen atoms in total. The van der Waals surface area contributed by atoms with Crippen LogP contribution in [0.3, 0.4) is 0 Å². The van der Waals surface area contributed by atoms with Gasteiger partial charge in [0.15, 0.2) is 0 Å². The zero-order valence-electron chi connectivity index (χ0n) is 12.3. The smallest absolute Gasteiger partial charge is 0.148 e. The first-order chi connectivity index (χ1) is 9.31. The lowest BCUT2D eigenvalue weighted by molar-refractivity contribution is 0.262. The van der Waals surface area contributed by atoms with E-state index in [9.17, 15) is 8.42 Å². The third kappa shape index (κ3) is 6.22. The summed E-state index contributed by atoms with van der Waals surface area (Å²) in [6.07, 6.45) is 1.25. The summed E-state index contributed by atoms with van der Waals surface area (Å²) in [5.74, 6) is 0.177. The fourth-order valence-electron chi connectivity index (χ4n) is 1.88. The van der Waals surface area contributed by atoms with Gasteiger partial charge in [-0.2, -0.15) is 0 Å². The molecule has 0 amide bonds. The third-order valence-corrected chi connectivity index (χ3v) is 4.60. The topological polar surface area (TPSA) is 49.4 Å². The molecule has 1 aromatic rings. The SMILES string of the molecule is CC(c1ccccc1Cl)N(C)CCNCCS(C)(=O)=O. The highest BCUT2D eigenvalue weighted by Crippen LogP contribution is 2.25. The Hall–Kier alpha value is -0.620. The van der Waals surface area contributed by atoms with Crippen molar-refractivity contribution in [2.24, 2.45) is 0 Å². The fourth-order valence-corrected chi connectivity index (χ4v) is 2.69. The zero-order chi connectivity index (χ0) is 15.2. The van der Waals surface area contributed by atoms with Crippen LogP contribution in [0.4, 0.5) is 0 Å². The van der Waals surface area contributed by atoms with Gasteiger partial charge < -0.3 is 5.32 Å². The monoisotopic (exact) mass is 318 g/mol. The molecule has 0 bridgehead atoms.